The topological polar surface area (TPSA) is 20.5 Å². The van der Waals surface area contributed by atoms with Crippen molar-refractivity contribution < 1.29 is 0 Å². The van der Waals surface area contributed by atoms with Crippen LogP contribution >= 0.6 is 15.9 Å². The Morgan fingerprint density at radius 1 is 1.50 bits per heavy atom. The summed E-state index contributed by atoms with van der Waals surface area (Å²) in [6.45, 7) is 0.900. The molecule has 0 N–H and O–H groups in total. The fourth-order valence-corrected chi connectivity index (χ4v) is 1.91. The van der Waals surface area contributed by atoms with Crippen LogP contribution in [-0.2, 0) is 6.54 Å². The van der Waals surface area contributed by atoms with Crippen molar-refractivity contribution in [2.75, 3.05) is 14.1 Å². The first-order valence-corrected chi connectivity index (χ1v) is 5.23. The van der Waals surface area contributed by atoms with E-state index in [0.717, 1.165) is 16.7 Å². The van der Waals surface area contributed by atoms with Gasteiger partial charge in [-0.3, -0.25) is 0 Å². The number of nitrogens with zero attached hydrogens (tertiary/aromatic N) is 3. The van der Waals surface area contributed by atoms with E-state index in [1.165, 1.54) is 5.69 Å². The molecular weight excluding hydrogens is 242 g/mol. The van der Waals surface area contributed by atoms with Gasteiger partial charge in [0.1, 0.15) is 0 Å². The molecule has 0 aliphatic carbocycles. The van der Waals surface area contributed by atoms with E-state index in [4.69, 9.17) is 0 Å². The molecule has 14 heavy (non-hydrogen) atoms. The van der Waals surface area contributed by atoms with Crippen LogP contribution in [0.15, 0.2) is 29.0 Å². The highest BCUT2D eigenvalue weighted by Gasteiger charge is 2.05. The van der Waals surface area contributed by atoms with Crippen molar-refractivity contribution in [2.24, 2.45) is 0 Å². The maximum atomic E-state index is 4.36. The van der Waals surface area contributed by atoms with Crippen LogP contribution in [0.4, 0.5) is 0 Å². The fourth-order valence-electron chi connectivity index (χ4n) is 1.47. The first kappa shape index (κ1) is 9.68. The lowest BCUT2D eigenvalue weighted by atomic mass is 10.4. The highest BCUT2D eigenvalue weighted by atomic mass is 79.9. The maximum absolute atomic E-state index is 4.36. The number of imidazole rings is 1. The zero-order valence-corrected chi connectivity index (χ0v) is 9.82. The third-order valence-electron chi connectivity index (χ3n) is 2.04. The minimum atomic E-state index is 0.900. The zero-order valence-electron chi connectivity index (χ0n) is 8.24. The zero-order chi connectivity index (χ0) is 10.1. The van der Waals surface area contributed by atoms with Gasteiger partial charge in [0.25, 0.3) is 0 Å². The first-order valence-electron chi connectivity index (χ1n) is 4.43. The Balaban J connectivity index is 2.52. The van der Waals surface area contributed by atoms with Crippen LogP contribution < -0.4 is 0 Å². The number of aromatic nitrogens is 2. The molecule has 0 amide bonds. The lowest BCUT2D eigenvalue weighted by Gasteiger charge is -2.08. The van der Waals surface area contributed by atoms with Crippen molar-refractivity contribution in [3.63, 3.8) is 0 Å². The minimum Gasteiger partial charge on any atom is -0.304 e. The summed E-state index contributed by atoms with van der Waals surface area (Å²) in [6.07, 6.45) is 3.95. The van der Waals surface area contributed by atoms with E-state index in [9.17, 15) is 0 Å². The Labute approximate surface area is 91.5 Å². The van der Waals surface area contributed by atoms with E-state index in [2.05, 4.69) is 44.3 Å². The van der Waals surface area contributed by atoms with Gasteiger partial charge in [0.2, 0.25) is 0 Å². The lowest BCUT2D eigenvalue weighted by Crippen LogP contribution is -2.12. The van der Waals surface area contributed by atoms with Crippen LogP contribution in [0.3, 0.4) is 0 Å². The fraction of sp³-hybridized carbons (Fsp3) is 0.300. The van der Waals surface area contributed by atoms with Crippen LogP contribution in [0.2, 0.25) is 0 Å². The lowest BCUT2D eigenvalue weighted by molar-refractivity contribution is 0.395. The van der Waals surface area contributed by atoms with Crippen molar-refractivity contribution in [1.29, 1.82) is 0 Å². The molecule has 4 heteroatoms. The predicted molar refractivity (Wildman–Crippen MR) is 60.3 cm³/mol. The van der Waals surface area contributed by atoms with Crippen LogP contribution in [0, 0.1) is 0 Å². The van der Waals surface area contributed by atoms with Crippen molar-refractivity contribution >= 4 is 21.6 Å². The molecule has 2 rings (SSSR count). The van der Waals surface area contributed by atoms with Gasteiger partial charge in [-0.05, 0) is 42.2 Å². The number of rotatable bonds is 2. The molecule has 0 unspecified atom stereocenters. The molecule has 0 aliphatic heterocycles. The third kappa shape index (κ3) is 1.67. The van der Waals surface area contributed by atoms with Gasteiger partial charge in [0.05, 0.1) is 16.4 Å². The van der Waals surface area contributed by atoms with Crippen LogP contribution in [0.25, 0.3) is 5.65 Å². The molecule has 0 saturated heterocycles. The molecule has 74 valence electrons. The second kappa shape index (κ2) is 3.71. The minimum absolute atomic E-state index is 0.900. The number of hydrogen-bond donors (Lipinski definition) is 0. The monoisotopic (exact) mass is 253 g/mol. The molecule has 0 aliphatic rings. The van der Waals surface area contributed by atoms with E-state index in [0.29, 0.717) is 0 Å². The summed E-state index contributed by atoms with van der Waals surface area (Å²) in [7, 11) is 4.11. The van der Waals surface area contributed by atoms with Gasteiger partial charge in [-0.15, -0.1) is 0 Å². The molecule has 0 atom stereocenters. The molecule has 2 heterocycles. The Hall–Kier alpha value is -0.870. The molecule has 3 nitrogen and oxygen atoms in total. The Kier molecular flexibility index (Phi) is 2.56. The molecule has 2 aromatic heterocycles. The SMILES string of the molecule is CN(C)Cc1cnc2c(Br)cccn12. The summed E-state index contributed by atoms with van der Waals surface area (Å²) in [5.74, 6) is 0. The molecule has 0 radical (unpaired) electrons. The van der Waals surface area contributed by atoms with E-state index in [-0.39, 0.29) is 0 Å². The Morgan fingerprint density at radius 2 is 2.29 bits per heavy atom. The molecule has 0 aromatic carbocycles. The maximum Gasteiger partial charge on any atom is 0.151 e. The van der Waals surface area contributed by atoms with E-state index in [1.807, 2.05) is 24.5 Å². The first-order chi connectivity index (χ1) is 6.68. The summed E-state index contributed by atoms with van der Waals surface area (Å²) in [4.78, 5) is 6.49. The summed E-state index contributed by atoms with van der Waals surface area (Å²) in [5, 5.41) is 0. The largest absolute Gasteiger partial charge is 0.304 e. The Bertz CT molecular complexity index is 448. The van der Waals surface area contributed by atoms with Crippen LogP contribution in [0.1, 0.15) is 5.69 Å². The summed E-state index contributed by atoms with van der Waals surface area (Å²) >= 11 is 3.48. The van der Waals surface area contributed by atoms with Crippen molar-refractivity contribution in [2.45, 2.75) is 6.54 Å². The van der Waals surface area contributed by atoms with Gasteiger partial charge in [0.15, 0.2) is 5.65 Å². The molecule has 0 spiro atoms. The predicted octanol–water partition coefficient (Wildman–Crippen LogP) is 2.16. The molecule has 2 aromatic rings. The van der Waals surface area contributed by atoms with E-state index >= 15 is 0 Å². The Morgan fingerprint density at radius 3 is 3.00 bits per heavy atom. The van der Waals surface area contributed by atoms with Crippen LogP contribution in [-0.4, -0.2) is 28.4 Å². The van der Waals surface area contributed by atoms with Gasteiger partial charge in [-0.2, -0.15) is 0 Å². The molecule has 0 fully saturated rings. The standard InChI is InChI=1S/C10H12BrN3/c1-13(2)7-8-6-12-10-9(11)4-3-5-14(8)10/h3-6H,7H2,1-2H3. The highest BCUT2D eigenvalue weighted by molar-refractivity contribution is 9.10. The smallest absolute Gasteiger partial charge is 0.151 e. The average molecular weight is 254 g/mol. The number of pyridine rings is 1. The van der Waals surface area contributed by atoms with E-state index < -0.39 is 0 Å². The molecule has 0 bridgehead atoms. The molecular formula is C10H12BrN3. The van der Waals surface area contributed by atoms with Gasteiger partial charge < -0.3 is 9.30 Å². The van der Waals surface area contributed by atoms with Gasteiger partial charge in [0, 0.05) is 12.7 Å². The quantitative estimate of drug-likeness (QED) is 0.818. The number of fused-ring (bicyclic) bond motifs is 1. The van der Waals surface area contributed by atoms with Crippen molar-refractivity contribution in [3.05, 3.63) is 34.7 Å². The number of hydrogen-bond acceptors (Lipinski definition) is 2. The van der Waals surface area contributed by atoms with Gasteiger partial charge in [-0.25, -0.2) is 4.98 Å². The second-order valence-electron chi connectivity index (χ2n) is 3.54. The summed E-state index contributed by atoms with van der Waals surface area (Å²) in [6, 6.07) is 4.01. The highest BCUT2D eigenvalue weighted by Crippen LogP contribution is 2.17. The van der Waals surface area contributed by atoms with Crippen molar-refractivity contribution in [1.82, 2.24) is 14.3 Å². The molecule has 0 saturated carbocycles. The van der Waals surface area contributed by atoms with Gasteiger partial charge in [-0.1, -0.05) is 0 Å². The average Bonchev–Trinajstić information content (AvgIpc) is 2.49. The van der Waals surface area contributed by atoms with E-state index in [1.54, 1.807) is 0 Å². The summed E-state index contributed by atoms with van der Waals surface area (Å²) in [5.41, 5.74) is 2.18. The van der Waals surface area contributed by atoms with Crippen molar-refractivity contribution in [3.8, 4) is 0 Å². The number of halogens is 1. The summed E-state index contributed by atoms with van der Waals surface area (Å²) < 4.78 is 3.13. The third-order valence-corrected chi connectivity index (χ3v) is 2.66. The normalized spacial score (nSPS) is 11.4. The second-order valence-corrected chi connectivity index (χ2v) is 4.39. The van der Waals surface area contributed by atoms with Gasteiger partial charge >= 0.3 is 0 Å². The van der Waals surface area contributed by atoms with Crippen LogP contribution in [0.5, 0.6) is 0 Å².